The van der Waals surface area contributed by atoms with Gasteiger partial charge in [0.05, 0.1) is 15.9 Å². The number of benzene rings is 1. The second-order valence-corrected chi connectivity index (χ2v) is 7.67. The van der Waals surface area contributed by atoms with Crippen LogP contribution in [0.2, 0.25) is 0 Å². The van der Waals surface area contributed by atoms with E-state index in [9.17, 15) is 13.2 Å². The van der Waals surface area contributed by atoms with Crippen molar-refractivity contribution < 1.29 is 8.42 Å². The van der Waals surface area contributed by atoms with E-state index in [4.69, 9.17) is 5.73 Å². The SMILES string of the molecule is Cl.Cn1c(=O)n(C)c2cc(S(=O)(=O)NCC(N)C3CC3)ccc21. The van der Waals surface area contributed by atoms with E-state index in [2.05, 4.69) is 4.72 Å². The maximum atomic E-state index is 12.4. The van der Waals surface area contributed by atoms with Gasteiger partial charge in [-0.25, -0.2) is 17.9 Å². The molecule has 0 amide bonds. The number of imidazole rings is 1. The summed E-state index contributed by atoms with van der Waals surface area (Å²) in [6.07, 6.45) is 2.14. The highest BCUT2D eigenvalue weighted by atomic mass is 35.5. The van der Waals surface area contributed by atoms with Crippen LogP contribution in [0.15, 0.2) is 27.9 Å². The number of hydrogen-bond donors (Lipinski definition) is 2. The number of nitrogens with two attached hydrogens (primary N) is 1. The van der Waals surface area contributed by atoms with E-state index in [0.29, 0.717) is 17.0 Å². The number of nitrogens with one attached hydrogen (secondary N) is 1. The van der Waals surface area contributed by atoms with Crippen LogP contribution in [0.1, 0.15) is 12.8 Å². The number of hydrogen-bond acceptors (Lipinski definition) is 4. The molecule has 0 saturated heterocycles. The summed E-state index contributed by atoms with van der Waals surface area (Å²) in [7, 11) is -0.347. The van der Waals surface area contributed by atoms with Crippen molar-refractivity contribution >= 4 is 33.5 Å². The molecule has 1 aliphatic rings. The molecular weight excluding hydrogens is 340 g/mol. The Morgan fingerprint density at radius 2 is 1.87 bits per heavy atom. The van der Waals surface area contributed by atoms with Crippen molar-refractivity contribution in [3.05, 3.63) is 28.7 Å². The highest BCUT2D eigenvalue weighted by Crippen LogP contribution is 2.31. The van der Waals surface area contributed by atoms with Crippen LogP contribution in [0.25, 0.3) is 11.0 Å². The van der Waals surface area contributed by atoms with Crippen LogP contribution in [0.5, 0.6) is 0 Å². The maximum absolute atomic E-state index is 12.4. The molecule has 0 aliphatic heterocycles. The standard InChI is InChI=1S/C14H20N4O3S.ClH/c1-17-12-6-5-10(7-13(12)18(2)14(17)19)22(20,21)16-8-11(15)9-3-4-9;/h5-7,9,11,16H,3-4,8,15H2,1-2H3;1H. The van der Waals surface area contributed by atoms with Crippen LogP contribution in [-0.4, -0.2) is 30.1 Å². The summed E-state index contributed by atoms with van der Waals surface area (Å²) in [5, 5.41) is 0. The molecule has 1 aromatic heterocycles. The summed E-state index contributed by atoms with van der Waals surface area (Å²) >= 11 is 0. The minimum atomic E-state index is -3.63. The predicted octanol–water partition coefficient (Wildman–Crippen LogP) is 0.314. The average molecular weight is 361 g/mol. The first kappa shape index (κ1) is 18.0. The third-order valence-electron chi connectivity index (χ3n) is 4.29. The minimum Gasteiger partial charge on any atom is -0.326 e. The first-order chi connectivity index (χ1) is 10.3. The summed E-state index contributed by atoms with van der Waals surface area (Å²) in [6.45, 7) is 0.235. The minimum absolute atomic E-state index is 0. The molecule has 0 spiro atoms. The topological polar surface area (TPSA) is 99.1 Å². The summed E-state index contributed by atoms with van der Waals surface area (Å²) < 4.78 is 30.2. The van der Waals surface area contributed by atoms with Gasteiger partial charge in [0.2, 0.25) is 10.0 Å². The highest BCUT2D eigenvalue weighted by molar-refractivity contribution is 7.89. The number of rotatable bonds is 5. The molecule has 9 heteroatoms. The Bertz CT molecular complexity index is 883. The van der Waals surface area contributed by atoms with Gasteiger partial charge in [-0.3, -0.25) is 9.13 Å². The first-order valence-electron chi connectivity index (χ1n) is 7.22. The number of aryl methyl sites for hydroxylation is 2. The van der Waals surface area contributed by atoms with Crippen LogP contribution in [0.3, 0.4) is 0 Å². The van der Waals surface area contributed by atoms with Gasteiger partial charge >= 0.3 is 5.69 Å². The summed E-state index contributed by atoms with van der Waals surface area (Å²) in [5.74, 6) is 0.431. The van der Waals surface area contributed by atoms with Gasteiger partial charge in [0.15, 0.2) is 0 Å². The molecule has 0 radical (unpaired) electrons. The largest absolute Gasteiger partial charge is 0.328 e. The molecule has 3 rings (SSSR count). The fourth-order valence-corrected chi connectivity index (χ4v) is 3.73. The van der Waals surface area contributed by atoms with E-state index in [1.165, 1.54) is 21.3 Å². The molecule has 7 nitrogen and oxygen atoms in total. The third-order valence-corrected chi connectivity index (χ3v) is 5.71. The van der Waals surface area contributed by atoms with Gasteiger partial charge in [-0.15, -0.1) is 12.4 Å². The van der Waals surface area contributed by atoms with E-state index in [-0.39, 0.29) is 35.6 Å². The lowest BCUT2D eigenvalue weighted by molar-refractivity contribution is 0.548. The Morgan fingerprint density at radius 3 is 2.48 bits per heavy atom. The van der Waals surface area contributed by atoms with Crippen LogP contribution in [0.4, 0.5) is 0 Å². The van der Waals surface area contributed by atoms with Crippen molar-refractivity contribution in [1.29, 1.82) is 0 Å². The average Bonchev–Trinajstić information content (AvgIpc) is 3.31. The number of halogens is 1. The Balaban J connectivity index is 0.00000192. The molecule has 1 aliphatic carbocycles. The van der Waals surface area contributed by atoms with Crippen molar-refractivity contribution in [2.24, 2.45) is 25.7 Å². The molecule has 128 valence electrons. The lowest BCUT2D eigenvalue weighted by atomic mass is 10.2. The monoisotopic (exact) mass is 360 g/mol. The molecule has 23 heavy (non-hydrogen) atoms. The van der Waals surface area contributed by atoms with Gasteiger partial charge in [-0.1, -0.05) is 0 Å². The van der Waals surface area contributed by atoms with Crippen molar-refractivity contribution in [2.75, 3.05) is 6.54 Å². The molecule has 1 fully saturated rings. The fraction of sp³-hybridized carbons (Fsp3) is 0.500. The van der Waals surface area contributed by atoms with E-state index in [0.717, 1.165) is 12.8 Å². The second kappa shape index (κ2) is 6.27. The van der Waals surface area contributed by atoms with E-state index in [1.807, 2.05) is 0 Å². The van der Waals surface area contributed by atoms with E-state index in [1.54, 1.807) is 20.2 Å². The van der Waals surface area contributed by atoms with Crippen molar-refractivity contribution in [1.82, 2.24) is 13.9 Å². The van der Waals surface area contributed by atoms with Crippen molar-refractivity contribution in [3.8, 4) is 0 Å². The van der Waals surface area contributed by atoms with E-state index < -0.39 is 10.0 Å². The van der Waals surface area contributed by atoms with Gasteiger partial charge in [0, 0.05) is 26.7 Å². The summed E-state index contributed by atoms with van der Waals surface area (Å²) in [5.41, 5.74) is 7.02. The molecule has 2 aromatic rings. The third kappa shape index (κ3) is 3.30. The molecular formula is C14H21ClN4O3S. The molecule has 1 atom stereocenters. The Labute approximate surface area is 140 Å². The molecule has 3 N–H and O–H groups in total. The molecule has 1 unspecified atom stereocenters. The second-order valence-electron chi connectivity index (χ2n) is 5.90. The smallest absolute Gasteiger partial charge is 0.326 e. The molecule has 1 aromatic carbocycles. The summed E-state index contributed by atoms with van der Waals surface area (Å²) in [4.78, 5) is 12.0. The van der Waals surface area contributed by atoms with Crippen LogP contribution in [-0.2, 0) is 24.1 Å². The van der Waals surface area contributed by atoms with E-state index >= 15 is 0 Å². The van der Waals surface area contributed by atoms with Crippen molar-refractivity contribution in [3.63, 3.8) is 0 Å². The number of sulfonamides is 1. The Kier molecular flexibility index (Phi) is 4.91. The first-order valence-corrected chi connectivity index (χ1v) is 8.70. The molecule has 1 heterocycles. The normalized spacial score (nSPS) is 16.3. The lowest BCUT2D eigenvalue weighted by Crippen LogP contribution is -2.38. The van der Waals surface area contributed by atoms with Crippen LogP contribution >= 0.6 is 12.4 Å². The van der Waals surface area contributed by atoms with Gasteiger partial charge in [-0.05, 0) is 37.0 Å². The Morgan fingerprint density at radius 1 is 1.26 bits per heavy atom. The zero-order chi connectivity index (χ0) is 16.1. The Hall–Kier alpha value is -1.35. The van der Waals surface area contributed by atoms with Gasteiger partial charge in [0.25, 0.3) is 0 Å². The van der Waals surface area contributed by atoms with Gasteiger partial charge < -0.3 is 5.73 Å². The number of aromatic nitrogens is 2. The number of fused-ring (bicyclic) bond motifs is 1. The predicted molar refractivity (Wildman–Crippen MR) is 91.3 cm³/mol. The fourth-order valence-electron chi connectivity index (χ4n) is 2.63. The van der Waals surface area contributed by atoms with Crippen molar-refractivity contribution in [2.45, 2.75) is 23.8 Å². The quantitative estimate of drug-likeness (QED) is 0.801. The molecule has 0 bridgehead atoms. The highest BCUT2D eigenvalue weighted by Gasteiger charge is 2.29. The van der Waals surface area contributed by atoms with Crippen LogP contribution in [0, 0.1) is 5.92 Å². The summed E-state index contributed by atoms with van der Waals surface area (Å²) in [6, 6.07) is 4.53. The maximum Gasteiger partial charge on any atom is 0.328 e. The number of nitrogens with zero attached hydrogens (tertiary/aromatic N) is 2. The van der Waals surface area contributed by atoms with Crippen LogP contribution < -0.4 is 16.1 Å². The zero-order valence-corrected chi connectivity index (χ0v) is 14.7. The van der Waals surface area contributed by atoms with Gasteiger partial charge in [0.1, 0.15) is 0 Å². The zero-order valence-electron chi connectivity index (χ0n) is 13.0. The molecule has 1 saturated carbocycles. The van der Waals surface area contributed by atoms with Gasteiger partial charge in [-0.2, -0.15) is 0 Å². The lowest BCUT2D eigenvalue weighted by Gasteiger charge is -2.12.